The molecule has 0 bridgehead atoms. The van der Waals surface area contributed by atoms with Crippen LogP contribution in [0.15, 0.2) is 48.5 Å². The van der Waals surface area contributed by atoms with E-state index in [1.165, 1.54) is 17.2 Å². The van der Waals surface area contributed by atoms with E-state index in [9.17, 15) is 9.18 Å². The first-order valence-corrected chi connectivity index (χ1v) is 11.5. The second-order valence-corrected chi connectivity index (χ2v) is 9.26. The van der Waals surface area contributed by atoms with Gasteiger partial charge in [-0.15, -0.1) is 0 Å². The lowest BCUT2D eigenvalue weighted by Crippen LogP contribution is -2.43. The third kappa shape index (κ3) is 5.74. The molecule has 1 heterocycles. The molecule has 0 aromatic heterocycles. The van der Waals surface area contributed by atoms with Crippen molar-refractivity contribution in [1.29, 1.82) is 0 Å². The van der Waals surface area contributed by atoms with Crippen molar-refractivity contribution in [3.63, 3.8) is 0 Å². The fraction of sp³-hybridized carbons (Fsp3) is 0.519. The molecular weight excluding hydrogens is 389 g/mol. The van der Waals surface area contributed by atoms with Crippen LogP contribution in [0.2, 0.25) is 0 Å². The maximum Gasteiger partial charge on any atom is 0.222 e. The Kier molecular flexibility index (Phi) is 7.88. The summed E-state index contributed by atoms with van der Waals surface area (Å²) in [4.78, 5) is 14.6. The molecule has 0 aliphatic carbocycles. The van der Waals surface area contributed by atoms with Crippen LogP contribution in [-0.2, 0) is 21.5 Å². The summed E-state index contributed by atoms with van der Waals surface area (Å²) in [5.41, 5.74) is 3.10. The SMILES string of the molecule is CCC(=O)N(CC[C@]1(c2ccc(C)cc2)CCO[C@@H](C(C)C)C1)Cc1ccccc1F. The zero-order valence-electron chi connectivity index (χ0n) is 19.4. The van der Waals surface area contributed by atoms with Crippen LogP contribution < -0.4 is 0 Å². The number of ether oxygens (including phenoxy) is 1. The quantitative estimate of drug-likeness (QED) is 0.516. The smallest absolute Gasteiger partial charge is 0.222 e. The van der Waals surface area contributed by atoms with Crippen LogP contribution in [0.3, 0.4) is 0 Å². The third-order valence-electron chi connectivity index (χ3n) is 6.75. The molecule has 2 aromatic carbocycles. The van der Waals surface area contributed by atoms with E-state index in [2.05, 4.69) is 45.0 Å². The maximum atomic E-state index is 14.3. The summed E-state index contributed by atoms with van der Waals surface area (Å²) >= 11 is 0. The standard InChI is InChI=1S/C27H36FNO2/c1-5-26(30)29(19-22-8-6-7-9-24(22)28)16-14-27(23-12-10-21(4)11-13-23)15-17-31-25(18-27)20(2)3/h6-13,20,25H,5,14-19H2,1-4H3/t25-,27+/m1/s1. The summed E-state index contributed by atoms with van der Waals surface area (Å²) in [6, 6.07) is 15.6. The first-order chi connectivity index (χ1) is 14.8. The average Bonchev–Trinajstić information content (AvgIpc) is 2.77. The minimum atomic E-state index is -0.254. The lowest BCUT2D eigenvalue weighted by Gasteiger charge is -2.44. The van der Waals surface area contributed by atoms with Crippen molar-refractivity contribution in [1.82, 2.24) is 4.90 Å². The molecule has 0 N–H and O–H groups in total. The number of halogens is 1. The maximum absolute atomic E-state index is 14.3. The van der Waals surface area contributed by atoms with Crippen LogP contribution in [-0.4, -0.2) is 30.1 Å². The second-order valence-electron chi connectivity index (χ2n) is 9.26. The summed E-state index contributed by atoms with van der Waals surface area (Å²) in [6.07, 6.45) is 3.36. The van der Waals surface area contributed by atoms with E-state index in [4.69, 9.17) is 4.74 Å². The Balaban J connectivity index is 1.86. The highest BCUT2D eigenvalue weighted by atomic mass is 19.1. The van der Waals surface area contributed by atoms with Crippen molar-refractivity contribution in [3.05, 3.63) is 71.0 Å². The van der Waals surface area contributed by atoms with Gasteiger partial charge in [-0.05, 0) is 43.7 Å². The fourth-order valence-electron chi connectivity index (χ4n) is 4.62. The molecule has 1 amide bonds. The molecule has 168 valence electrons. The summed E-state index contributed by atoms with van der Waals surface area (Å²) in [6.45, 7) is 10.0. The molecule has 1 aliphatic heterocycles. The molecule has 3 nitrogen and oxygen atoms in total. The summed E-state index contributed by atoms with van der Waals surface area (Å²) in [7, 11) is 0. The van der Waals surface area contributed by atoms with Gasteiger partial charge in [-0.2, -0.15) is 0 Å². The molecule has 0 saturated carbocycles. The monoisotopic (exact) mass is 425 g/mol. The Hall–Kier alpha value is -2.20. The minimum absolute atomic E-state index is 0.0393. The van der Waals surface area contributed by atoms with Crippen molar-refractivity contribution in [2.24, 2.45) is 5.92 Å². The van der Waals surface area contributed by atoms with Crippen LogP contribution >= 0.6 is 0 Å². The summed E-state index contributed by atoms with van der Waals surface area (Å²) in [5, 5.41) is 0. The highest BCUT2D eigenvalue weighted by molar-refractivity contribution is 5.75. The van der Waals surface area contributed by atoms with E-state index in [0.717, 1.165) is 25.9 Å². The van der Waals surface area contributed by atoms with Crippen LogP contribution in [0.1, 0.15) is 63.1 Å². The Morgan fingerprint density at radius 2 is 1.90 bits per heavy atom. The van der Waals surface area contributed by atoms with Crippen molar-refractivity contribution in [2.45, 2.75) is 71.4 Å². The molecule has 31 heavy (non-hydrogen) atoms. The van der Waals surface area contributed by atoms with Gasteiger partial charge in [-0.1, -0.05) is 68.8 Å². The van der Waals surface area contributed by atoms with Crippen molar-refractivity contribution in [3.8, 4) is 0 Å². The van der Waals surface area contributed by atoms with Gasteiger partial charge in [0.2, 0.25) is 5.91 Å². The van der Waals surface area contributed by atoms with Gasteiger partial charge < -0.3 is 9.64 Å². The Labute approximate surface area is 186 Å². The number of aryl methyl sites for hydroxylation is 1. The van der Waals surface area contributed by atoms with E-state index in [1.807, 2.05) is 17.9 Å². The summed E-state index contributed by atoms with van der Waals surface area (Å²) < 4.78 is 20.4. The van der Waals surface area contributed by atoms with Gasteiger partial charge in [0.15, 0.2) is 0 Å². The van der Waals surface area contributed by atoms with Crippen molar-refractivity contribution < 1.29 is 13.9 Å². The Morgan fingerprint density at radius 3 is 2.55 bits per heavy atom. The predicted molar refractivity (Wildman–Crippen MR) is 123 cm³/mol. The second kappa shape index (κ2) is 10.4. The first-order valence-electron chi connectivity index (χ1n) is 11.5. The molecule has 2 atom stereocenters. The van der Waals surface area contributed by atoms with E-state index in [0.29, 0.717) is 31.0 Å². The van der Waals surface area contributed by atoms with Crippen molar-refractivity contribution >= 4 is 5.91 Å². The number of rotatable bonds is 8. The zero-order valence-corrected chi connectivity index (χ0v) is 19.4. The summed E-state index contributed by atoms with van der Waals surface area (Å²) in [5.74, 6) is 0.252. The predicted octanol–water partition coefficient (Wildman–Crippen LogP) is 6.04. The topological polar surface area (TPSA) is 29.5 Å². The fourth-order valence-corrected chi connectivity index (χ4v) is 4.62. The minimum Gasteiger partial charge on any atom is -0.378 e. The van der Waals surface area contributed by atoms with E-state index in [-0.39, 0.29) is 23.2 Å². The number of carbonyl (C=O) groups is 1. The number of hydrogen-bond donors (Lipinski definition) is 0. The number of hydrogen-bond acceptors (Lipinski definition) is 2. The zero-order chi connectivity index (χ0) is 22.4. The highest BCUT2D eigenvalue weighted by Gasteiger charge is 2.39. The molecule has 0 spiro atoms. The van der Waals surface area contributed by atoms with E-state index in [1.54, 1.807) is 12.1 Å². The molecular formula is C27H36FNO2. The van der Waals surface area contributed by atoms with E-state index >= 15 is 0 Å². The van der Waals surface area contributed by atoms with Gasteiger partial charge in [0.05, 0.1) is 6.10 Å². The van der Waals surface area contributed by atoms with Crippen LogP contribution in [0.4, 0.5) is 4.39 Å². The van der Waals surface area contributed by atoms with E-state index < -0.39 is 0 Å². The Morgan fingerprint density at radius 1 is 1.19 bits per heavy atom. The van der Waals surface area contributed by atoms with Crippen molar-refractivity contribution in [2.75, 3.05) is 13.2 Å². The van der Waals surface area contributed by atoms with Gasteiger partial charge in [0, 0.05) is 37.1 Å². The molecule has 1 aliphatic rings. The number of amides is 1. The van der Waals surface area contributed by atoms with Crippen LogP contribution in [0, 0.1) is 18.7 Å². The van der Waals surface area contributed by atoms with Gasteiger partial charge in [0.1, 0.15) is 5.82 Å². The molecule has 2 aromatic rings. The average molecular weight is 426 g/mol. The normalized spacial score (nSPS) is 21.3. The van der Waals surface area contributed by atoms with Gasteiger partial charge in [-0.3, -0.25) is 4.79 Å². The number of carbonyl (C=O) groups excluding carboxylic acids is 1. The van der Waals surface area contributed by atoms with Crippen LogP contribution in [0.25, 0.3) is 0 Å². The lowest BCUT2D eigenvalue weighted by molar-refractivity contribution is -0.132. The van der Waals surface area contributed by atoms with Gasteiger partial charge >= 0.3 is 0 Å². The molecule has 3 rings (SSSR count). The molecule has 1 saturated heterocycles. The number of nitrogens with zero attached hydrogens (tertiary/aromatic N) is 1. The number of benzene rings is 2. The first kappa shape index (κ1) is 23.5. The molecule has 0 radical (unpaired) electrons. The Bertz CT molecular complexity index is 864. The highest BCUT2D eigenvalue weighted by Crippen LogP contribution is 2.42. The van der Waals surface area contributed by atoms with Crippen LogP contribution in [0.5, 0.6) is 0 Å². The molecule has 1 fully saturated rings. The third-order valence-corrected chi connectivity index (χ3v) is 6.75. The lowest BCUT2D eigenvalue weighted by atomic mass is 9.68. The van der Waals surface area contributed by atoms with Gasteiger partial charge in [-0.25, -0.2) is 4.39 Å². The largest absolute Gasteiger partial charge is 0.378 e. The molecule has 4 heteroatoms. The van der Waals surface area contributed by atoms with Gasteiger partial charge in [0.25, 0.3) is 0 Å². The molecule has 0 unspecified atom stereocenters.